The molecular formula is C25H21NO3. The summed E-state index contributed by atoms with van der Waals surface area (Å²) >= 11 is 0. The van der Waals surface area contributed by atoms with Crippen LogP contribution in [0.15, 0.2) is 85.1 Å². The molecule has 4 aromatic rings. The summed E-state index contributed by atoms with van der Waals surface area (Å²) in [5, 5.41) is 19.6. The zero-order valence-electron chi connectivity index (χ0n) is 15.8. The molecule has 2 N–H and O–H groups in total. The van der Waals surface area contributed by atoms with E-state index >= 15 is 0 Å². The van der Waals surface area contributed by atoms with Gasteiger partial charge in [0, 0.05) is 23.3 Å². The molecule has 0 aliphatic heterocycles. The molecule has 29 heavy (non-hydrogen) atoms. The Morgan fingerprint density at radius 2 is 1.69 bits per heavy atom. The average Bonchev–Trinajstić information content (AvgIpc) is 3.10. The Morgan fingerprint density at radius 3 is 2.41 bits per heavy atom. The summed E-state index contributed by atoms with van der Waals surface area (Å²) in [6.07, 6.45) is 6.69. The van der Waals surface area contributed by atoms with Crippen molar-refractivity contribution in [3.05, 3.63) is 102 Å². The molecule has 0 saturated heterocycles. The smallest absolute Gasteiger partial charge is 0.328 e. The highest BCUT2D eigenvalue weighted by Gasteiger charge is 2.11. The van der Waals surface area contributed by atoms with Crippen LogP contribution in [0, 0.1) is 0 Å². The quantitative estimate of drug-likeness (QED) is 0.449. The van der Waals surface area contributed by atoms with Gasteiger partial charge in [-0.25, -0.2) is 4.79 Å². The summed E-state index contributed by atoms with van der Waals surface area (Å²) in [5.74, 6) is -0.730. The van der Waals surface area contributed by atoms with Gasteiger partial charge in [-0.05, 0) is 72.0 Å². The molecule has 0 atom stereocenters. The number of phenols is 1. The van der Waals surface area contributed by atoms with Crippen LogP contribution < -0.4 is 0 Å². The molecular weight excluding hydrogens is 362 g/mol. The Kier molecular flexibility index (Phi) is 5.16. The molecule has 0 spiro atoms. The summed E-state index contributed by atoms with van der Waals surface area (Å²) < 4.78 is 2.11. The summed E-state index contributed by atoms with van der Waals surface area (Å²) in [7, 11) is 0. The second-order valence-corrected chi connectivity index (χ2v) is 6.97. The molecule has 0 aliphatic rings. The van der Waals surface area contributed by atoms with Crippen LogP contribution in [0.3, 0.4) is 0 Å². The zero-order chi connectivity index (χ0) is 20.2. The van der Waals surface area contributed by atoms with Crippen LogP contribution in [0.2, 0.25) is 0 Å². The molecule has 0 amide bonds. The SMILES string of the molecule is O=C(O)/C=C/c1ccc2c(c1)c(CCc1ccccc1)cn2-c1ccc(O)cc1. The van der Waals surface area contributed by atoms with E-state index in [9.17, 15) is 9.90 Å². The van der Waals surface area contributed by atoms with Crippen LogP contribution in [0.1, 0.15) is 16.7 Å². The lowest BCUT2D eigenvalue weighted by molar-refractivity contribution is -0.131. The van der Waals surface area contributed by atoms with Gasteiger partial charge in [0.25, 0.3) is 0 Å². The van der Waals surface area contributed by atoms with E-state index in [2.05, 4.69) is 22.9 Å². The monoisotopic (exact) mass is 383 g/mol. The van der Waals surface area contributed by atoms with Gasteiger partial charge in [-0.1, -0.05) is 36.4 Å². The van der Waals surface area contributed by atoms with Gasteiger partial charge in [0.1, 0.15) is 5.75 Å². The predicted molar refractivity (Wildman–Crippen MR) is 115 cm³/mol. The van der Waals surface area contributed by atoms with E-state index in [1.165, 1.54) is 11.1 Å². The molecule has 4 heteroatoms. The van der Waals surface area contributed by atoms with Crippen molar-refractivity contribution in [3.63, 3.8) is 0 Å². The van der Waals surface area contributed by atoms with Crippen molar-refractivity contribution in [3.8, 4) is 11.4 Å². The van der Waals surface area contributed by atoms with E-state index in [4.69, 9.17) is 5.11 Å². The number of aliphatic carboxylic acids is 1. The summed E-state index contributed by atoms with van der Waals surface area (Å²) in [5.41, 5.74) is 5.34. The predicted octanol–water partition coefficient (Wildman–Crippen LogP) is 5.22. The fraction of sp³-hybridized carbons (Fsp3) is 0.0800. The second-order valence-electron chi connectivity index (χ2n) is 6.97. The van der Waals surface area contributed by atoms with Gasteiger partial charge in [-0.2, -0.15) is 0 Å². The number of nitrogens with zero attached hydrogens (tertiary/aromatic N) is 1. The standard InChI is InChI=1S/C25H21NO3/c27-22-12-10-21(11-13-22)26-17-20(9-6-18-4-2-1-3-5-18)23-16-19(7-14-24(23)26)8-15-25(28)29/h1-5,7-8,10-17,27H,6,9H2,(H,28,29)/b15-8+. The van der Waals surface area contributed by atoms with Crippen molar-refractivity contribution in [1.29, 1.82) is 0 Å². The minimum absolute atomic E-state index is 0.232. The Bertz CT molecular complexity index is 1170. The molecule has 3 aromatic carbocycles. The van der Waals surface area contributed by atoms with Crippen LogP contribution in [0.25, 0.3) is 22.7 Å². The number of rotatable bonds is 6. The fourth-order valence-corrected chi connectivity index (χ4v) is 3.54. The number of phenolic OH excluding ortho intramolecular Hbond substituents is 1. The number of carbonyl (C=O) groups is 1. The third-order valence-corrected chi connectivity index (χ3v) is 4.98. The van der Waals surface area contributed by atoms with Crippen molar-refractivity contribution in [2.75, 3.05) is 0 Å². The van der Waals surface area contributed by atoms with Gasteiger partial charge in [0.05, 0.1) is 5.52 Å². The van der Waals surface area contributed by atoms with Gasteiger partial charge in [0.2, 0.25) is 0 Å². The van der Waals surface area contributed by atoms with E-state index in [0.717, 1.165) is 41.1 Å². The van der Waals surface area contributed by atoms with Gasteiger partial charge in [-0.15, -0.1) is 0 Å². The van der Waals surface area contributed by atoms with Crippen LogP contribution in [0.5, 0.6) is 5.75 Å². The number of aryl methyl sites for hydroxylation is 2. The third kappa shape index (κ3) is 4.22. The highest BCUT2D eigenvalue weighted by atomic mass is 16.4. The molecule has 0 fully saturated rings. The Morgan fingerprint density at radius 1 is 0.931 bits per heavy atom. The Hall–Kier alpha value is -3.79. The lowest BCUT2D eigenvalue weighted by Crippen LogP contribution is -1.92. The number of fused-ring (bicyclic) bond motifs is 1. The summed E-state index contributed by atoms with van der Waals surface area (Å²) in [6, 6.07) is 23.4. The molecule has 0 bridgehead atoms. The van der Waals surface area contributed by atoms with Crippen LogP contribution in [-0.2, 0) is 17.6 Å². The van der Waals surface area contributed by atoms with Crippen molar-refractivity contribution in [2.24, 2.45) is 0 Å². The highest BCUT2D eigenvalue weighted by Crippen LogP contribution is 2.28. The van der Waals surface area contributed by atoms with Gasteiger partial charge in [0.15, 0.2) is 0 Å². The number of carboxylic acid groups (broad SMARTS) is 1. The molecule has 4 nitrogen and oxygen atoms in total. The molecule has 0 aliphatic carbocycles. The third-order valence-electron chi connectivity index (χ3n) is 4.98. The normalized spacial score (nSPS) is 11.3. The molecule has 4 rings (SSSR count). The first-order chi connectivity index (χ1) is 14.1. The average molecular weight is 383 g/mol. The summed E-state index contributed by atoms with van der Waals surface area (Å²) in [4.78, 5) is 10.9. The number of carboxylic acids is 1. The molecule has 0 unspecified atom stereocenters. The van der Waals surface area contributed by atoms with Crippen LogP contribution in [-0.4, -0.2) is 20.7 Å². The molecule has 0 saturated carbocycles. The lowest BCUT2D eigenvalue weighted by Gasteiger charge is -2.05. The van der Waals surface area contributed by atoms with E-state index in [1.807, 2.05) is 48.5 Å². The van der Waals surface area contributed by atoms with Crippen molar-refractivity contribution < 1.29 is 15.0 Å². The van der Waals surface area contributed by atoms with Crippen molar-refractivity contribution >= 4 is 22.9 Å². The Balaban J connectivity index is 1.77. The van der Waals surface area contributed by atoms with Crippen LogP contribution in [0.4, 0.5) is 0 Å². The second kappa shape index (κ2) is 8.07. The number of hydrogen-bond acceptors (Lipinski definition) is 2. The number of aromatic hydroxyl groups is 1. The largest absolute Gasteiger partial charge is 0.508 e. The van der Waals surface area contributed by atoms with E-state index in [1.54, 1.807) is 18.2 Å². The maximum absolute atomic E-state index is 10.9. The molecule has 1 aromatic heterocycles. The van der Waals surface area contributed by atoms with Crippen molar-refractivity contribution in [2.45, 2.75) is 12.8 Å². The Labute approximate surface area is 169 Å². The van der Waals surface area contributed by atoms with E-state index < -0.39 is 5.97 Å². The number of hydrogen-bond donors (Lipinski definition) is 2. The lowest BCUT2D eigenvalue weighted by atomic mass is 10.0. The van der Waals surface area contributed by atoms with E-state index in [0.29, 0.717) is 0 Å². The topological polar surface area (TPSA) is 62.5 Å². The van der Waals surface area contributed by atoms with E-state index in [-0.39, 0.29) is 5.75 Å². The van der Waals surface area contributed by atoms with Gasteiger partial charge < -0.3 is 14.8 Å². The molecule has 144 valence electrons. The maximum Gasteiger partial charge on any atom is 0.328 e. The first-order valence-corrected chi connectivity index (χ1v) is 9.48. The number of benzene rings is 3. The number of aromatic nitrogens is 1. The maximum atomic E-state index is 10.9. The fourth-order valence-electron chi connectivity index (χ4n) is 3.54. The van der Waals surface area contributed by atoms with Crippen molar-refractivity contribution in [1.82, 2.24) is 4.57 Å². The molecule has 0 radical (unpaired) electrons. The first kappa shape index (κ1) is 18.6. The van der Waals surface area contributed by atoms with Gasteiger partial charge >= 0.3 is 5.97 Å². The molecule has 1 heterocycles. The highest BCUT2D eigenvalue weighted by molar-refractivity contribution is 5.90. The first-order valence-electron chi connectivity index (χ1n) is 9.48. The van der Waals surface area contributed by atoms with Crippen LogP contribution >= 0.6 is 0 Å². The minimum Gasteiger partial charge on any atom is -0.508 e. The van der Waals surface area contributed by atoms with Gasteiger partial charge in [-0.3, -0.25) is 0 Å². The minimum atomic E-state index is -0.962. The summed E-state index contributed by atoms with van der Waals surface area (Å²) in [6.45, 7) is 0. The zero-order valence-corrected chi connectivity index (χ0v) is 15.8.